The lowest BCUT2D eigenvalue weighted by Crippen LogP contribution is -2.11. The van der Waals surface area contributed by atoms with E-state index < -0.39 is 0 Å². The number of halogens is 1. The van der Waals surface area contributed by atoms with Gasteiger partial charge in [-0.2, -0.15) is 4.98 Å². The van der Waals surface area contributed by atoms with Gasteiger partial charge >= 0.3 is 0 Å². The highest BCUT2D eigenvalue weighted by Gasteiger charge is 2.18. The first-order valence-corrected chi connectivity index (χ1v) is 9.01. The van der Waals surface area contributed by atoms with Crippen LogP contribution < -0.4 is 0 Å². The molecule has 3 aromatic heterocycles. The van der Waals surface area contributed by atoms with Gasteiger partial charge in [-0.3, -0.25) is 0 Å². The van der Waals surface area contributed by atoms with Crippen LogP contribution in [0.3, 0.4) is 0 Å². The molecule has 0 bridgehead atoms. The Hall–Kier alpha value is -2.47. The largest absolute Gasteiger partial charge is 0.341 e. The summed E-state index contributed by atoms with van der Waals surface area (Å²) in [6.07, 6.45) is 10.0. The van der Waals surface area contributed by atoms with Gasteiger partial charge in [0.25, 0.3) is 0 Å². The van der Waals surface area contributed by atoms with Crippen LogP contribution in [0.25, 0.3) is 33.5 Å². The Kier molecular flexibility index (Phi) is 3.45. The van der Waals surface area contributed by atoms with Crippen LogP contribution in [0.4, 0.5) is 0 Å². The molecule has 1 fully saturated rings. The van der Waals surface area contributed by atoms with Gasteiger partial charge in [0.15, 0.2) is 5.65 Å². The van der Waals surface area contributed by atoms with Crippen LogP contribution in [-0.4, -0.2) is 29.5 Å². The quantitative estimate of drug-likeness (QED) is 0.538. The van der Waals surface area contributed by atoms with Crippen molar-refractivity contribution in [3.05, 3.63) is 36.1 Å². The normalized spacial score (nSPS) is 16.0. The molecule has 126 valence electrons. The molecule has 1 N–H and O–H groups in total. The van der Waals surface area contributed by atoms with Crippen molar-refractivity contribution in [3.63, 3.8) is 0 Å². The summed E-state index contributed by atoms with van der Waals surface area (Å²) in [7, 11) is 0. The maximum Gasteiger partial charge on any atom is 0.225 e. The third kappa shape index (κ3) is 2.48. The number of benzene rings is 1. The molecule has 3 heterocycles. The summed E-state index contributed by atoms with van der Waals surface area (Å²) in [5, 5.41) is 0.197. The second-order valence-corrected chi connectivity index (χ2v) is 6.93. The zero-order chi connectivity index (χ0) is 16.8. The molecule has 1 aliphatic rings. The molecule has 0 saturated heterocycles. The number of nitrogens with zero attached hydrogens (tertiary/aromatic N) is 5. The molecule has 0 spiro atoms. The number of nitrogens with one attached hydrogen (secondary N) is 1. The number of aromatic nitrogens is 6. The Morgan fingerprint density at radius 1 is 1.08 bits per heavy atom. The van der Waals surface area contributed by atoms with Crippen molar-refractivity contribution in [1.82, 2.24) is 29.5 Å². The summed E-state index contributed by atoms with van der Waals surface area (Å²) >= 11 is 6.06. The van der Waals surface area contributed by atoms with E-state index >= 15 is 0 Å². The summed E-state index contributed by atoms with van der Waals surface area (Å²) in [6.45, 7) is 0. The highest BCUT2D eigenvalue weighted by molar-refractivity contribution is 6.28. The molecule has 0 amide bonds. The molecule has 4 aromatic rings. The van der Waals surface area contributed by atoms with Gasteiger partial charge in [-0.05, 0) is 36.6 Å². The number of imidazole rings is 2. The SMILES string of the molecule is Clc1nc(-c2ccc3c(c2)ncn3C2CCCCC2)c2[nH]cnc2n1. The molecule has 6 nitrogen and oxygen atoms in total. The fraction of sp³-hybridized carbons (Fsp3) is 0.333. The predicted molar refractivity (Wildman–Crippen MR) is 97.5 cm³/mol. The molecule has 5 rings (SSSR count). The Balaban J connectivity index is 1.62. The van der Waals surface area contributed by atoms with E-state index in [1.54, 1.807) is 6.33 Å². The summed E-state index contributed by atoms with van der Waals surface area (Å²) in [5.41, 5.74) is 5.22. The fourth-order valence-electron chi connectivity index (χ4n) is 3.84. The zero-order valence-electron chi connectivity index (χ0n) is 13.6. The van der Waals surface area contributed by atoms with Crippen LogP contribution in [0.1, 0.15) is 38.1 Å². The topological polar surface area (TPSA) is 72.3 Å². The van der Waals surface area contributed by atoms with Gasteiger partial charge in [0.05, 0.1) is 23.7 Å². The highest BCUT2D eigenvalue weighted by Crippen LogP contribution is 2.33. The summed E-state index contributed by atoms with van der Waals surface area (Å²) in [4.78, 5) is 20.4. The van der Waals surface area contributed by atoms with E-state index in [1.165, 1.54) is 37.6 Å². The maximum atomic E-state index is 6.06. The lowest BCUT2D eigenvalue weighted by atomic mass is 9.95. The van der Waals surface area contributed by atoms with Crippen LogP contribution >= 0.6 is 11.6 Å². The Morgan fingerprint density at radius 3 is 2.84 bits per heavy atom. The van der Waals surface area contributed by atoms with Crippen LogP contribution in [0.5, 0.6) is 0 Å². The number of rotatable bonds is 2. The van der Waals surface area contributed by atoms with E-state index in [0.717, 1.165) is 22.3 Å². The number of aromatic amines is 1. The molecule has 0 radical (unpaired) electrons. The van der Waals surface area contributed by atoms with Gasteiger partial charge in [-0.15, -0.1) is 0 Å². The number of fused-ring (bicyclic) bond motifs is 2. The first kappa shape index (κ1) is 14.8. The molecule has 1 saturated carbocycles. The van der Waals surface area contributed by atoms with Crippen molar-refractivity contribution in [1.29, 1.82) is 0 Å². The van der Waals surface area contributed by atoms with Crippen LogP contribution in [-0.2, 0) is 0 Å². The van der Waals surface area contributed by atoms with Gasteiger partial charge in [0.1, 0.15) is 11.2 Å². The molecular weight excluding hydrogens is 336 g/mol. The Morgan fingerprint density at radius 2 is 1.96 bits per heavy atom. The first-order valence-electron chi connectivity index (χ1n) is 8.63. The molecule has 0 unspecified atom stereocenters. The third-order valence-corrected chi connectivity index (χ3v) is 5.24. The predicted octanol–water partition coefficient (Wildman–Crippen LogP) is 4.53. The van der Waals surface area contributed by atoms with Crippen molar-refractivity contribution in [2.75, 3.05) is 0 Å². The van der Waals surface area contributed by atoms with Crippen LogP contribution in [0.15, 0.2) is 30.9 Å². The lowest BCUT2D eigenvalue weighted by molar-refractivity contribution is 0.359. The van der Waals surface area contributed by atoms with Crippen molar-refractivity contribution in [3.8, 4) is 11.3 Å². The van der Waals surface area contributed by atoms with Gasteiger partial charge in [-0.25, -0.2) is 15.0 Å². The lowest BCUT2D eigenvalue weighted by Gasteiger charge is -2.23. The molecular formula is C18H17ClN6. The molecule has 7 heteroatoms. The molecule has 25 heavy (non-hydrogen) atoms. The minimum atomic E-state index is 0.197. The zero-order valence-corrected chi connectivity index (χ0v) is 14.4. The van der Waals surface area contributed by atoms with Crippen molar-refractivity contribution in [2.45, 2.75) is 38.1 Å². The van der Waals surface area contributed by atoms with Gasteiger partial charge in [-0.1, -0.05) is 25.3 Å². The third-order valence-electron chi connectivity index (χ3n) is 5.07. The summed E-state index contributed by atoms with van der Waals surface area (Å²) in [6, 6.07) is 6.83. The van der Waals surface area contributed by atoms with Gasteiger partial charge < -0.3 is 9.55 Å². The number of hydrogen-bond acceptors (Lipinski definition) is 4. The second-order valence-electron chi connectivity index (χ2n) is 6.59. The Bertz CT molecular complexity index is 1060. The summed E-state index contributed by atoms with van der Waals surface area (Å²) < 4.78 is 2.33. The van der Waals surface area contributed by atoms with E-state index in [-0.39, 0.29) is 5.28 Å². The number of H-pyrrole nitrogens is 1. The smallest absolute Gasteiger partial charge is 0.225 e. The van der Waals surface area contributed by atoms with E-state index in [1.807, 2.05) is 6.33 Å². The van der Waals surface area contributed by atoms with Crippen molar-refractivity contribution < 1.29 is 0 Å². The number of hydrogen-bond donors (Lipinski definition) is 1. The molecule has 0 atom stereocenters. The molecule has 0 aliphatic heterocycles. The molecule has 1 aromatic carbocycles. The van der Waals surface area contributed by atoms with Crippen molar-refractivity contribution >= 4 is 33.8 Å². The average molecular weight is 353 g/mol. The minimum Gasteiger partial charge on any atom is -0.341 e. The van der Waals surface area contributed by atoms with Gasteiger partial charge in [0.2, 0.25) is 5.28 Å². The monoisotopic (exact) mass is 352 g/mol. The van der Waals surface area contributed by atoms with Crippen LogP contribution in [0, 0.1) is 0 Å². The van der Waals surface area contributed by atoms with E-state index in [4.69, 9.17) is 11.6 Å². The second kappa shape index (κ2) is 5.81. The first-order chi connectivity index (χ1) is 12.3. The minimum absolute atomic E-state index is 0.197. The molecule has 1 aliphatic carbocycles. The van der Waals surface area contributed by atoms with E-state index in [2.05, 4.69) is 47.7 Å². The fourth-order valence-corrected chi connectivity index (χ4v) is 4.01. The van der Waals surface area contributed by atoms with Crippen LogP contribution in [0.2, 0.25) is 5.28 Å². The van der Waals surface area contributed by atoms with E-state index in [0.29, 0.717) is 11.7 Å². The van der Waals surface area contributed by atoms with Gasteiger partial charge in [0, 0.05) is 11.6 Å². The average Bonchev–Trinajstić information content (AvgIpc) is 3.27. The Labute approximate surface area is 149 Å². The summed E-state index contributed by atoms with van der Waals surface area (Å²) in [5.74, 6) is 0. The van der Waals surface area contributed by atoms with Crippen molar-refractivity contribution in [2.24, 2.45) is 0 Å². The maximum absolute atomic E-state index is 6.06. The van der Waals surface area contributed by atoms with E-state index in [9.17, 15) is 0 Å². The standard InChI is InChI=1S/C18H17ClN6/c19-18-23-15(16-17(24-18)21-9-20-16)11-6-7-14-13(8-11)22-10-25(14)12-4-2-1-3-5-12/h6-10,12H,1-5H2,(H,20,21,23,24). The highest BCUT2D eigenvalue weighted by atomic mass is 35.5.